The van der Waals surface area contributed by atoms with Crippen LogP contribution in [-0.2, 0) is 4.79 Å². The fourth-order valence-electron chi connectivity index (χ4n) is 2.66. The largest absolute Gasteiger partial charge is 0.348 e. The SMILES string of the molecule is CNCCCC(=O)N1CCC(NC(=O)c2ccc(C)s2)CC1.Cl. The molecule has 1 aromatic rings. The van der Waals surface area contributed by atoms with Gasteiger partial charge in [-0.25, -0.2) is 0 Å². The zero-order valence-electron chi connectivity index (χ0n) is 13.8. The Bertz CT molecular complexity index is 513. The molecule has 23 heavy (non-hydrogen) atoms. The predicted octanol–water partition coefficient (Wildman–Crippen LogP) is 2.20. The van der Waals surface area contributed by atoms with Crippen molar-refractivity contribution in [2.24, 2.45) is 0 Å². The second-order valence-corrected chi connectivity index (χ2v) is 7.03. The third kappa shape index (κ3) is 6.12. The standard InChI is InChI=1S/C16H25N3O2S.ClH/c1-12-5-6-14(22-12)16(21)18-13-7-10-19(11-8-13)15(20)4-3-9-17-2;/h5-6,13,17H,3-4,7-11H2,1-2H3,(H,18,21);1H. The van der Waals surface area contributed by atoms with E-state index in [1.165, 1.54) is 11.3 Å². The molecule has 0 spiro atoms. The molecule has 0 aromatic carbocycles. The molecule has 2 heterocycles. The van der Waals surface area contributed by atoms with E-state index >= 15 is 0 Å². The van der Waals surface area contributed by atoms with Gasteiger partial charge in [0, 0.05) is 30.4 Å². The number of likely N-dealkylation sites (tertiary alicyclic amines) is 1. The summed E-state index contributed by atoms with van der Waals surface area (Å²) in [5.74, 6) is 0.241. The first-order valence-electron chi connectivity index (χ1n) is 7.90. The van der Waals surface area contributed by atoms with Crippen LogP contribution in [0.25, 0.3) is 0 Å². The summed E-state index contributed by atoms with van der Waals surface area (Å²) in [4.78, 5) is 28.0. The third-order valence-electron chi connectivity index (χ3n) is 3.96. The van der Waals surface area contributed by atoms with Crippen LogP contribution >= 0.6 is 23.7 Å². The van der Waals surface area contributed by atoms with Crippen molar-refractivity contribution in [3.8, 4) is 0 Å². The van der Waals surface area contributed by atoms with Gasteiger partial charge >= 0.3 is 0 Å². The highest BCUT2D eigenvalue weighted by Gasteiger charge is 2.24. The van der Waals surface area contributed by atoms with Crippen LogP contribution in [0.4, 0.5) is 0 Å². The number of thiophene rings is 1. The molecule has 1 saturated heterocycles. The normalized spacial score (nSPS) is 15.1. The first-order valence-corrected chi connectivity index (χ1v) is 8.71. The van der Waals surface area contributed by atoms with Crippen molar-refractivity contribution in [1.29, 1.82) is 0 Å². The number of carbonyl (C=O) groups is 2. The van der Waals surface area contributed by atoms with Crippen LogP contribution in [0.2, 0.25) is 0 Å². The van der Waals surface area contributed by atoms with Crippen LogP contribution in [-0.4, -0.2) is 49.4 Å². The molecule has 0 radical (unpaired) electrons. The highest BCUT2D eigenvalue weighted by Crippen LogP contribution is 2.17. The molecule has 2 N–H and O–H groups in total. The average Bonchev–Trinajstić information content (AvgIpc) is 2.95. The van der Waals surface area contributed by atoms with E-state index in [1.807, 2.05) is 31.0 Å². The minimum absolute atomic E-state index is 0. The molecule has 0 atom stereocenters. The van der Waals surface area contributed by atoms with Crippen LogP contribution in [0.1, 0.15) is 40.2 Å². The van der Waals surface area contributed by atoms with E-state index in [-0.39, 0.29) is 30.3 Å². The van der Waals surface area contributed by atoms with Crippen molar-refractivity contribution in [1.82, 2.24) is 15.5 Å². The van der Waals surface area contributed by atoms with E-state index in [0.717, 1.165) is 48.7 Å². The van der Waals surface area contributed by atoms with Gasteiger partial charge in [0.25, 0.3) is 5.91 Å². The second-order valence-electron chi connectivity index (χ2n) is 5.75. The molecular weight excluding hydrogens is 334 g/mol. The Kier molecular flexibility index (Phi) is 8.58. The molecule has 1 aliphatic rings. The Labute approximate surface area is 148 Å². The van der Waals surface area contributed by atoms with Gasteiger partial charge in [-0.15, -0.1) is 23.7 Å². The van der Waals surface area contributed by atoms with Crippen LogP contribution < -0.4 is 10.6 Å². The van der Waals surface area contributed by atoms with E-state index < -0.39 is 0 Å². The third-order valence-corrected chi connectivity index (χ3v) is 4.96. The molecule has 0 bridgehead atoms. The van der Waals surface area contributed by atoms with Gasteiger partial charge in [-0.2, -0.15) is 0 Å². The van der Waals surface area contributed by atoms with Crippen molar-refractivity contribution in [3.05, 3.63) is 21.9 Å². The van der Waals surface area contributed by atoms with Crippen molar-refractivity contribution >= 4 is 35.6 Å². The summed E-state index contributed by atoms with van der Waals surface area (Å²) in [7, 11) is 1.90. The summed E-state index contributed by atoms with van der Waals surface area (Å²) in [5.41, 5.74) is 0. The minimum atomic E-state index is 0. The number of hydrogen-bond donors (Lipinski definition) is 2. The van der Waals surface area contributed by atoms with E-state index in [9.17, 15) is 9.59 Å². The number of halogens is 1. The van der Waals surface area contributed by atoms with Gasteiger partial charge in [-0.3, -0.25) is 9.59 Å². The smallest absolute Gasteiger partial charge is 0.261 e. The molecule has 1 fully saturated rings. The molecular formula is C16H26ClN3O2S. The van der Waals surface area contributed by atoms with E-state index in [4.69, 9.17) is 0 Å². The Morgan fingerprint density at radius 1 is 1.30 bits per heavy atom. The maximum atomic E-state index is 12.1. The lowest BCUT2D eigenvalue weighted by Crippen LogP contribution is -2.46. The van der Waals surface area contributed by atoms with Crippen LogP contribution in [0.5, 0.6) is 0 Å². The first-order chi connectivity index (χ1) is 10.6. The minimum Gasteiger partial charge on any atom is -0.348 e. The Balaban J connectivity index is 0.00000264. The van der Waals surface area contributed by atoms with Gasteiger partial charge < -0.3 is 15.5 Å². The topological polar surface area (TPSA) is 61.4 Å². The zero-order chi connectivity index (χ0) is 15.9. The van der Waals surface area contributed by atoms with E-state index in [0.29, 0.717) is 6.42 Å². The number of amides is 2. The lowest BCUT2D eigenvalue weighted by Gasteiger charge is -2.32. The molecule has 0 unspecified atom stereocenters. The van der Waals surface area contributed by atoms with Gasteiger partial charge in [0.15, 0.2) is 0 Å². The lowest BCUT2D eigenvalue weighted by atomic mass is 10.0. The highest BCUT2D eigenvalue weighted by molar-refractivity contribution is 7.13. The maximum absolute atomic E-state index is 12.1. The van der Waals surface area contributed by atoms with Crippen molar-refractivity contribution < 1.29 is 9.59 Å². The highest BCUT2D eigenvalue weighted by atomic mass is 35.5. The molecule has 5 nitrogen and oxygen atoms in total. The van der Waals surface area contributed by atoms with Gasteiger partial charge in [0.05, 0.1) is 4.88 Å². The number of piperidine rings is 1. The number of nitrogens with one attached hydrogen (secondary N) is 2. The Hall–Kier alpha value is -1.11. The molecule has 0 saturated carbocycles. The fourth-order valence-corrected chi connectivity index (χ4v) is 3.43. The lowest BCUT2D eigenvalue weighted by molar-refractivity contribution is -0.132. The summed E-state index contributed by atoms with van der Waals surface area (Å²) >= 11 is 1.52. The van der Waals surface area contributed by atoms with E-state index in [2.05, 4.69) is 10.6 Å². The molecule has 130 valence electrons. The summed E-state index contributed by atoms with van der Waals surface area (Å²) in [6, 6.07) is 4.01. The first kappa shape index (κ1) is 19.9. The fraction of sp³-hybridized carbons (Fsp3) is 0.625. The van der Waals surface area contributed by atoms with Gasteiger partial charge in [-0.1, -0.05) is 0 Å². The number of hydrogen-bond acceptors (Lipinski definition) is 4. The Morgan fingerprint density at radius 3 is 2.57 bits per heavy atom. The van der Waals surface area contributed by atoms with E-state index in [1.54, 1.807) is 0 Å². The van der Waals surface area contributed by atoms with Crippen LogP contribution in [0.15, 0.2) is 12.1 Å². The molecule has 7 heteroatoms. The van der Waals surface area contributed by atoms with Crippen molar-refractivity contribution in [3.63, 3.8) is 0 Å². The predicted molar refractivity (Wildman–Crippen MR) is 96.5 cm³/mol. The summed E-state index contributed by atoms with van der Waals surface area (Å²) in [6.45, 7) is 4.36. The quantitative estimate of drug-likeness (QED) is 0.765. The molecule has 0 aliphatic carbocycles. The van der Waals surface area contributed by atoms with Gasteiger partial charge in [-0.05, 0) is 51.9 Å². The number of carbonyl (C=O) groups excluding carboxylic acids is 2. The molecule has 2 rings (SSSR count). The molecule has 2 amide bonds. The monoisotopic (exact) mass is 359 g/mol. The molecule has 1 aliphatic heterocycles. The Morgan fingerprint density at radius 2 is 2.00 bits per heavy atom. The zero-order valence-corrected chi connectivity index (χ0v) is 15.4. The van der Waals surface area contributed by atoms with Gasteiger partial charge in [0.2, 0.25) is 5.91 Å². The number of rotatable bonds is 6. The summed E-state index contributed by atoms with van der Waals surface area (Å²) in [5, 5.41) is 6.14. The number of aryl methyl sites for hydroxylation is 1. The summed E-state index contributed by atoms with van der Waals surface area (Å²) < 4.78 is 0. The second kappa shape index (κ2) is 9.90. The van der Waals surface area contributed by atoms with Crippen LogP contribution in [0, 0.1) is 6.92 Å². The van der Waals surface area contributed by atoms with Crippen molar-refractivity contribution in [2.75, 3.05) is 26.7 Å². The average molecular weight is 360 g/mol. The molecule has 1 aromatic heterocycles. The van der Waals surface area contributed by atoms with Crippen LogP contribution in [0.3, 0.4) is 0 Å². The van der Waals surface area contributed by atoms with Crippen molar-refractivity contribution in [2.45, 2.75) is 38.6 Å². The summed E-state index contributed by atoms with van der Waals surface area (Å²) in [6.07, 6.45) is 3.16. The number of nitrogens with zero attached hydrogens (tertiary/aromatic N) is 1. The maximum Gasteiger partial charge on any atom is 0.261 e. The van der Waals surface area contributed by atoms with Gasteiger partial charge in [0.1, 0.15) is 0 Å².